The molecule has 4 saturated carbocycles. The molecule has 1 N–H and O–H groups in total. The lowest BCUT2D eigenvalue weighted by Crippen LogP contribution is -2.60. The number of carbonyl (C=O) groups is 2. The zero-order chi connectivity index (χ0) is 18.3. The zero-order valence-electron chi connectivity index (χ0n) is 13.1. The molecule has 0 saturated heterocycles. The van der Waals surface area contributed by atoms with Crippen LogP contribution < -0.4 is 5.26 Å². The minimum atomic E-state index is -4.21. The molecule has 2 unspecified atom stereocenters. The Morgan fingerprint density at radius 3 is 2.44 bits per heavy atom. The number of alkyl halides is 2. The van der Waals surface area contributed by atoms with Gasteiger partial charge in [-0.05, 0) is 43.9 Å². The summed E-state index contributed by atoms with van der Waals surface area (Å²) in [5, 5.41) is 18.6. The molecule has 25 heavy (non-hydrogen) atoms. The van der Waals surface area contributed by atoms with Gasteiger partial charge in [0.05, 0.1) is 5.60 Å². The van der Waals surface area contributed by atoms with Gasteiger partial charge in [-0.2, -0.15) is 13.1 Å². The number of aliphatic hydroxyl groups is 1. The second-order valence-corrected chi connectivity index (χ2v) is 7.97. The summed E-state index contributed by atoms with van der Waals surface area (Å²) in [6, 6.07) is 0. The number of rotatable bonds is 7. The van der Waals surface area contributed by atoms with Gasteiger partial charge in [-0.15, -0.1) is 0 Å². The topological polar surface area (TPSA) is 114 Å². The molecular formula is C14H17F2O8S-. The van der Waals surface area contributed by atoms with Crippen LogP contribution in [-0.4, -0.2) is 40.1 Å². The van der Waals surface area contributed by atoms with Gasteiger partial charge < -0.3 is 19.8 Å². The molecule has 4 rings (SSSR count). The van der Waals surface area contributed by atoms with Crippen molar-refractivity contribution in [2.75, 3.05) is 6.61 Å². The van der Waals surface area contributed by atoms with E-state index in [-0.39, 0.29) is 11.8 Å². The summed E-state index contributed by atoms with van der Waals surface area (Å²) >= 11 is -0.835. The molecule has 2 atom stereocenters. The van der Waals surface area contributed by atoms with E-state index in [9.17, 15) is 28.7 Å². The molecule has 4 bridgehead atoms. The first-order valence-corrected chi connectivity index (χ1v) is 8.53. The third-order valence-electron chi connectivity index (χ3n) is 5.03. The Morgan fingerprint density at radius 2 is 1.88 bits per heavy atom. The number of hydrogen-bond donors (Lipinski definition) is 1. The zero-order valence-corrected chi connectivity index (χ0v) is 13.9. The van der Waals surface area contributed by atoms with Crippen LogP contribution >= 0.6 is 12.0 Å². The molecule has 4 fully saturated rings. The van der Waals surface area contributed by atoms with E-state index in [0.717, 1.165) is 6.42 Å². The molecule has 0 aliphatic heterocycles. The number of esters is 2. The number of halogens is 2. The third-order valence-corrected chi connectivity index (χ3v) is 5.53. The molecule has 11 heteroatoms. The minimum absolute atomic E-state index is 0.270. The van der Waals surface area contributed by atoms with E-state index < -0.39 is 47.0 Å². The summed E-state index contributed by atoms with van der Waals surface area (Å²) in [7, 11) is 0. The summed E-state index contributed by atoms with van der Waals surface area (Å²) in [5.74, 6) is -2.48. The summed E-state index contributed by atoms with van der Waals surface area (Å²) in [5.41, 5.74) is -1.67. The second kappa shape index (κ2) is 6.62. The lowest BCUT2D eigenvalue weighted by molar-refractivity contribution is -0.777. The fraction of sp³-hybridized carbons (Fsp3) is 0.857. The van der Waals surface area contributed by atoms with Gasteiger partial charge in [-0.1, -0.05) is 0 Å². The molecule has 4 aliphatic carbocycles. The quantitative estimate of drug-likeness (QED) is 0.292. The predicted octanol–water partition coefficient (Wildman–Crippen LogP) is 0.621. The summed E-state index contributed by atoms with van der Waals surface area (Å²) in [6.07, 6.45) is 3.90. The van der Waals surface area contributed by atoms with Crippen LogP contribution in [0.2, 0.25) is 0 Å². The van der Waals surface area contributed by atoms with Gasteiger partial charge in [0.1, 0.15) is 17.6 Å². The van der Waals surface area contributed by atoms with Crippen LogP contribution in [0.5, 0.6) is 0 Å². The van der Waals surface area contributed by atoms with Gasteiger partial charge in [0.2, 0.25) is 0 Å². The number of carbonyl (C=O) groups excluding carboxylic acids is 2. The molecule has 0 aromatic heterocycles. The lowest BCUT2D eigenvalue weighted by atomic mass is 9.52. The molecule has 8 nitrogen and oxygen atoms in total. The molecule has 0 amide bonds. The van der Waals surface area contributed by atoms with Gasteiger partial charge in [0, 0.05) is 6.42 Å². The van der Waals surface area contributed by atoms with Gasteiger partial charge in [-0.3, -0.25) is 5.04 Å². The van der Waals surface area contributed by atoms with E-state index in [2.05, 4.69) is 14.1 Å². The first kappa shape index (κ1) is 18.8. The molecule has 142 valence electrons. The smallest absolute Gasteiger partial charge is 0.415 e. The van der Waals surface area contributed by atoms with Gasteiger partial charge in [0.15, 0.2) is 6.61 Å². The Labute approximate surface area is 145 Å². The molecule has 0 aromatic carbocycles. The van der Waals surface area contributed by atoms with E-state index in [4.69, 9.17) is 4.74 Å². The highest BCUT2D eigenvalue weighted by Crippen LogP contribution is 2.58. The van der Waals surface area contributed by atoms with E-state index in [1.807, 2.05) is 0 Å². The van der Waals surface area contributed by atoms with Crippen LogP contribution in [0.1, 0.15) is 38.5 Å². The lowest BCUT2D eigenvalue weighted by Gasteiger charge is -2.59. The Hall–Kier alpha value is -1.01. The maximum Gasteiger partial charge on any atom is 0.415 e. The van der Waals surface area contributed by atoms with E-state index >= 15 is 0 Å². The Balaban J connectivity index is 1.52. The van der Waals surface area contributed by atoms with Crippen molar-refractivity contribution in [2.45, 2.75) is 55.0 Å². The van der Waals surface area contributed by atoms with Crippen LogP contribution in [0, 0.1) is 11.8 Å². The largest absolute Gasteiger partial charge is 0.691 e. The van der Waals surface area contributed by atoms with Crippen LogP contribution in [-0.2, 0) is 28.4 Å². The molecular weight excluding hydrogens is 366 g/mol. The minimum Gasteiger partial charge on any atom is -0.691 e. The molecule has 0 aromatic rings. The summed E-state index contributed by atoms with van der Waals surface area (Å²) in [6.45, 7) is -0.997. The fourth-order valence-electron chi connectivity index (χ4n) is 4.82. The van der Waals surface area contributed by atoms with Crippen molar-refractivity contribution >= 4 is 24.0 Å². The van der Waals surface area contributed by atoms with Gasteiger partial charge in [-0.25, -0.2) is 9.59 Å². The SMILES string of the molecule is O=C(COC(=O)C(F)(F)SOO[O-])OC12CC3CC(CC(O)(C3)C1)C2. The highest BCUT2D eigenvalue weighted by atomic mass is 32.2. The summed E-state index contributed by atoms with van der Waals surface area (Å²) < 4.78 is 39.4. The average molecular weight is 383 g/mol. The summed E-state index contributed by atoms with van der Waals surface area (Å²) in [4.78, 5) is 23.2. The van der Waals surface area contributed by atoms with Gasteiger partial charge in [0.25, 0.3) is 0 Å². The standard InChI is InChI=1S/C14H18F2O8S/c15-14(16,25-24-23-20)11(18)21-6-10(17)22-13-4-8-1-9(5-13)3-12(19,2-8)7-13/h8-9,19-20H,1-7H2/p-1. The molecule has 0 heterocycles. The average Bonchev–Trinajstić information content (AvgIpc) is 2.47. The highest BCUT2D eigenvalue weighted by molar-refractivity contribution is 7.96. The van der Waals surface area contributed by atoms with Crippen LogP contribution in [0.4, 0.5) is 8.78 Å². The maximum absolute atomic E-state index is 13.2. The van der Waals surface area contributed by atoms with Crippen molar-refractivity contribution in [3.05, 3.63) is 0 Å². The first-order valence-electron chi connectivity index (χ1n) is 7.79. The van der Waals surface area contributed by atoms with Crippen LogP contribution in [0.25, 0.3) is 0 Å². The molecule has 4 aliphatic rings. The predicted molar refractivity (Wildman–Crippen MR) is 74.1 cm³/mol. The number of hydrogen-bond acceptors (Lipinski definition) is 9. The van der Waals surface area contributed by atoms with E-state index in [0.29, 0.717) is 32.1 Å². The fourth-order valence-corrected chi connectivity index (χ4v) is 5.06. The normalized spacial score (nSPS) is 36.3. The van der Waals surface area contributed by atoms with Crippen molar-refractivity contribution in [3.63, 3.8) is 0 Å². The van der Waals surface area contributed by atoms with E-state index in [1.165, 1.54) is 0 Å². The van der Waals surface area contributed by atoms with Crippen LogP contribution in [0.15, 0.2) is 0 Å². The molecule has 0 radical (unpaired) electrons. The molecule has 0 spiro atoms. The third kappa shape index (κ3) is 4.05. The maximum atomic E-state index is 13.2. The van der Waals surface area contributed by atoms with Crippen molar-refractivity contribution in [3.8, 4) is 0 Å². The monoisotopic (exact) mass is 383 g/mol. The van der Waals surface area contributed by atoms with Crippen LogP contribution in [0.3, 0.4) is 0 Å². The van der Waals surface area contributed by atoms with E-state index in [1.54, 1.807) is 0 Å². The Morgan fingerprint density at radius 1 is 1.24 bits per heavy atom. The highest BCUT2D eigenvalue weighted by Gasteiger charge is 2.59. The van der Waals surface area contributed by atoms with Crippen molar-refractivity contribution in [2.24, 2.45) is 11.8 Å². The number of ether oxygens (including phenoxy) is 2. The first-order chi connectivity index (χ1) is 11.7. The Kier molecular flexibility index (Phi) is 4.97. The van der Waals surface area contributed by atoms with Crippen molar-refractivity contribution in [1.82, 2.24) is 0 Å². The van der Waals surface area contributed by atoms with Crippen molar-refractivity contribution < 1.29 is 47.6 Å². The van der Waals surface area contributed by atoms with Gasteiger partial charge >= 0.3 is 17.2 Å². The second-order valence-electron chi connectivity index (χ2n) is 7.15. The van der Waals surface area contributed by atoms with Crippen molar-refractivity contribution in [1.29, 1.82) is 0 Å². The Bertz CT molecular complexity index is 543.